The Balaban J connectivity index is 1.72. The van der Waals surface area contributed by atoms with Crippen LogP contribution in [0.3, 0.4) is 0 Å². The molecule has 3 heterocycles. The molecule has 1 fully saturated rings. The van der Waals surface area contributed by atoms with Crippen molar-refractivity contribution in [2.45, 2.75) is 32.5 Å². The monoisotopic (exact) mass is 235 g/mol. The summed E-state index contributed by atoms with van der Waals surface area (Å²) in [6.45, 7) is 5.23. The van der Waals surface area contributed by atoms with Gasteiger partial charge in [0.25, 0.3) is 0 Å². The highest BCUT2D eigenvalue weighted by atomic mass is 16.2. The minimum absolute atomic E-state index is 0.00975. The molecule has 0 aliphatic carbocycles. The largest absolute Gasteiger partial charge is 0.332 e. The second kappa shape index (κ2) is 4.10. The van der Waals surface area contributed by atoms with Gasteiger partial charge < -0.3 is 14.8 Å². The van der Waals surface area contributed by atoms with Crippen LogP contribution in [-0.2, 0) is 17.9 Å². The topological polar surface area (TPSA) is 63.1 Å². The van der Waals surface area contributed by atoms with E-state index in [0.717, 1.165) is 31.9 Å². The first-order valence-corrected chi connectivity index (χ1v) is 6.14. The lowest BCUT2D eigenvalue weighted by atomic mass is 10.0. The summed E-state index contributed by atoms with van der Waals surface area (Å²) in [5.41, 5.74) is 0. The van der Waals surface area contributed by atoms with Gasteiger partial charge in [0.15, 0.2) is 5.82 Å². The van der Waals surface area contributed by atoms with E-state index in [9.17, 15) is 4.79 Å². The summed E-state index contributed by atoms with van der Waals surface area (Å²) in [4.78, 5) is 14.2. The van der Waals surface area contributed by atoms with Crippen molar-refractivity contribution in [2.24, 2.45) is 5.92 Å². The zero-order chi connectivity index (χ0) is 11.8. The van der Waals surface area contributed by atoms with Crippen LogP contribution in [0.4, 0.5) is 0 Å². The fourth-order valence-corrected chi connectivity index (χ4v) is 2.62. The first-order chi connectivity index (χ1) is 8.25. The quantitative estimate of drug-likeness (QED) is 0.720. The number of aromatic nitrogens is 3. The zero-order valence-electron chi connectivity index (χ0n) is 9.96. The highest BCUT2D eigenvalue weighted by Gasteiger charge is 2.34. The maximum Gasteiger partial charge on any atom is 0.240 e. The first-order valence-electron chi connectivity index (χ1n) is 6.14. The van der Waals surface area contributed by atoms with E-state index in [1.54, 1.807) is 6.33 Å². The Bertz CT molecular complexity index is 429. The van der Waals surface area contributed by atoms with Gasteiger partial charge in [0, 0.05) is 13.1 Å². The SMILES string of the molecule is CC1CCNC1C(=O)N1CCn2cnnc2C1. The molecular formula is C11H17N5O. The lowest BCUT2D eigenvalue weighted by Crippen LogP contribution is -2.48. The van der Waals surface area contributed by atoms with Gasteiger partial charge in [-0.25, -0.2) is 0 Å². The normalized spacial score (nSPS) is 28.2. The van der Waals surface area contributed by atoms with E-state index >= 15 is 0 Å². The van der Waals surface area contributed by atoms with Crippen LogP contribution in [0.2, 0.25) is 0 Å². The van der Waals surface area contributed by atoms with Crippen molar-refractivity contribution in [2.75, 3.05) is 13.1 Å². The number of amides is 1. The number of fused-ring (bicyclic) bond motifs is 1. The summed E-state index contributed by atoms with van der Waals surface area (Å²) < 4.78 is 2.01. The lowest BCUT2D eigenvalue weighted by Gasteiger charge is -2.30. The summed E-state index contributed by atoms with van der Waals surface area (Å²) >= 11 is 0. The van der Waals surface area contributed by atoms with E-state index in [4.69, 9.17) is 0 Å². The maximum absolute atomic E-state index is 12.3. The summed E-state index contributed by atoms with van der Waals surface area (Å²) in [6, 6.07) is -0.00975. The van der Waals surface area contributed by atoms with E-state index in [2.05, 4.69) is 22.4 Å². The molecule has 0 spiro atoms. The van der Waals surface area contributed by atoms with Crippen LogP contribution in [0.5, 0.6) is 0 Å². The number of hydrogen-bond acceptors (Lipinski definition) is 4. The van der Waals surface area contributed by atoms with E-state index in [0.29, 0.717) is 12.5 Å². The van der Waals surface area contributed by atoms with Gasteiger partial charge in [-0.15, -0.1) is 10.2 Å². The van der Waals surface area contributed by atoms with Crippen LogP contribution in [0.25, 0.3) is 0 Å². The summed E-state index contributed by atoms with van der Waals surface area (Å²) in [6.07, 6.45) is 2.81. The number of carbonyl (C=O) groups excluding carboxylic acids is 1. The zero-order valence-corrected chi connectivity index (χ0v) is 9.96. The Morgan fingerprint density at radius 1 is 1.53 bits per heavy atom. The Labute approximate surface area is 100 Å². The second-order valence-electron chi connectivity index (χ2n) is 4.90. The van der Waals surface area contributed by atoms with Gasteiger partial charge in [0.1, 0.15) is 6.33 Å². The predicted molar refractivity (Wildman–Crippen MR) is 61.0 cm³/mol. The van der Waals surface area contributed by atoms with E-state index in [1.165, 1.54) is 0 Å². The minimum Gasteiger partial charge on any atom is -0.332 e. The number of carbonyl (C=O) groups is 1. The van der Waals surface area contributed by atoms with Gasteiger partial charge in [0.2, 0.25) is 5.91 Å². The molecule has 1 N–H and O–H groups in total. The molecule has 2 unspecified atom stereocenters. The van der Waals surface area contributed by atoms with Gasteiger partial charge in [-0.05, 0) is 18.9 Å². The molecule has 6 nitrogen and oxygen atoms in total. The van der Waals surface area contributed by atoms with Gasteiger partial charge >= 0.3 is 0 Å². The van der Waals surface area contributed by atoms with Gasteiger partial charge in [-0.2, -0.15) is 0 Å². The predicted octanol–water partition coefficient (Wildman–Crippen LogP) is -0.382. The Morgan fingerprint density at radius 3 is 3.18 bits per heavy atom. The molecule has 2 atom stereocenters. The molecule has 1 saturated heterocycles. The molecule has 0 aromatic carbocycles. The van der Waals surface area contributed by atoms with Crippen LogP contribution in [0.15, 0.2) is 6.33 Å². The number of hydrogen-bond donors (Lipinski definition) is 1. The highest BCUT2D eigenvalue weighted by Crippen LogP contribution is 2.19. The maximum atomic E-state index is 12.3. The van der Waals surface area contributed by atoms with E-state index in [1.807, 2.05) is 9.47 Å². The van der Waals surface area contributed by atoms with Crippen LogP contribution in [-0.4, -0.2) is 44.7 Å². The molecule has 2 aliphatic heterocycles. The molecule has 1 amide bonds. The van der Waals surface area contributed by atoms with Gasteiger partial charge in [-0.3, -0.25) is 4.79 Å². The molecule has 0 saturated carbocycles. The van der Waals surface area contributed by atoms with Crippen LogP contribution in [0.1, 0.15) is 19.2 Å². The van der Waals surface area contributed by atoms with Crippen molar-refractivity contribution in [3.8, 4) is 0 Å². The summed E-state index contributed by atoms with van der Waals surface area (Å²) in [5, 5.41) is 11.2. The number of rotatable bonds is 1. The Morgan fingerprint density at radius 2 is 2.41 bits per heavy atom. The summed E-state index contributed by atoms with van der Waals surface area (Å²) in [5.74, 6) is 1.53. The summed E-state index contributed by atoms with van der Waals surface area (Å²) in [7, 11) is 0. The third kappa shape index (κ3) is 1.82. The van der Waals surface area contributed by atoms with Crippen molar-refractivity contribution in [3.63, 3.8) is 0 Å². The average molecular weight is 235 g/mol. The molecule has 1 aromatic rings. The molecule has 92 valence electrons. The molecule has 1 aromatic heterocycles. The molecule has 2 aliphatic rings. The van der Waals surface area contributed by atoms with E-state index in [-0.39, 0.29) is 11.9 Å². The fraction of sp³-hybridized carbons (Fsp3) is 0.727. The van der Waals surface area contributed by atoms with Crippen molar-refractivity contribution in [1.29, 1.82) is 0 Å². The van der Waals surface area contributed by atoms with Crippen molar-refractivity contribution in [3.05, 3.63) is 12.2 Å². The molecular weight excluding hydrogens is 218 g/mol. The lowest BCUT2D eigenvalue weighted by molar-refractivity contribution is -0.135. The second-order valence-corrected chi connectivity index (χ2v) is 4.90. The standard InChI is InChI=1S/C11H17N5O/c1-8-2-3-12-10(8)11(17)15-4-5-16-7-13-14-9(16)6-15/h7-8,10,12H,2-6H2,1H3. The molecule has 6 heteroatoms. The number of nitrogens with one attached hydrogen (secondary N) is 1. The Hall–Kier alpha value is -1.43. The van der Waals surface area contributed by atoms with E-state index < -0.39 is 0 Å². The van der Waals surface area contributed by atoms with Crippen molar-refractivity contribution < 1.29 is 4.79 Å². The van der Waals surface area contributed by atoms with Crippen LogP contribution < -0.4 is 5.32 Å². The van der Waals surface area contributed by atoms with Crippen LogP contribution >= 0.6 is 0 Å². The number of nitrogens with zero attached hydrogens (tertiary/aromatic N) is 4. The Kier molecular flexibility index (Phi) is 2.58. The third-order valence-corrected chi connectivity index (χ3v) is 3.75. The highest BCUT2D eigenvalue weighted by molar-refractivity contribution is 5.82. The van der Waals surface area contributed by atoms with Crippen molar-refractivity contribution in [1.82, 2.24) is 25.0 Å². The smallest absolute Gasteiger partial charge is 0.240 e. The molecule has 3 rings (SSSR count). The average Bonchev–Trinajstić information content (AvgIpc) is 2.95. The van der Waals surface area contributed by atoms with Crippen LogP contribution in [0, 0.1) is 5.92 Å². The molecule has 17 heavy (non-hydrogen) atoms. The fourth-order valence-electron chi connectivity index (χ4n) is 2.62. The van der Waals surface area contributed by atoms with Gasteiger partial charge in [-0.1, -0.05) is 6.92 Å². The first kappa shape index (κ1) is 10.7. The van der Waals surface area contributed by atoms with Gasteiger partial charge in [0.05, 0.1) is 12.6 Å². The third-order valence-electron chi connectivity index (χ3n) is 3.75. The molecule has 0 radical (unpaired) electrons. The minimum atomic E-state index is -0.00975. The molecule has 0 bridgehead atoms. The van der Waals surface area contributed by atoms with Crippen molar-refractivity contribution >= 4 is 5.91 Å².